The number of hydrogen-bond acceptors (Lipinski definition) is 3. The fourth-order valence-electron chi connectivity index (χ4n) is 4.28. The second kappa shape index (κ2) is 9.97. The first-order valence-corrected chi connectivity index (χ1v) is 10.8. The molecule has 1 aromatic rings. The molecular weight excluding hydrogens is 414 g/mol. The second-order valence-corrected chi connectivity index (χ2v) is 8.58. The molecule has 0 radical (unpaired) electrons. The van der Waals surface area contributed by atoms with Gasteiger partial charge in [0.1, 0.15) is 5.82 Å². The highest BCUT2D eigenvalue weighted by molar-refractivity contribution is 5.94. The summed E-state index contributed by atoms with van der Waals surface area (Å²) in [6.45, 7) is 5.01. The maximum atomic E-state index is 13.5. The number of carbonyl (C=O) groups is 2. The number of amides is 2. The van der Waals surface area contributed by atoms with Gasteiger partial charge in [-0.2, -0.15) is 13.2 Å². The summed E-state index contributed by atoms with van der Waals surface area (Å²) in [4.78, 5) is 28.9. The smallest absolute Gasteiger partial charge is 0.352 e. The monoisotopic (exact) mass is 443 g/mol. The van der Waals surface area contributed by atoms with Gasteiger partial charge >= 0.3 is 6.18 Å². The molecule has 3 rings (SSSR count). The van der Waals surface area contributed by atoms with Gasteiger partial charge in [-0.25, -0.2) is 4.39 Å². The maximum Gasteiger partial charge on any atom is 0.416 e. The fourth-order valence-corrected chi connectivity index (χ4v) is 4.28. The van der Waals surface area contributed by atoms with Crippen LogP contribution in [0.2, 0.25) is 0 Å². The van der Waals surface area contributed by atoms with Crippen LogP contribution in [0.4, 0.5) is 17.6 Å². The molecule has 9 heteroatoms. The minimum absolute atomic E-state index is 0.121. The highest BCUT2D eigenvalue weighted by atomic mass is 19.4. The zero-order valence-corrected chi connectivity index (χ0v) is 17.7. The van der Waals surface area contributed by atoms with Crippen LogP contribution in [0.5, 0.6) is 0 Å². The third kappa shape index (κ3) is 6.41. The molecule has 1 N–H and O–H groups in total. The van der Waals surface area contributed by atoms with Crippen LogP contribution in [0, 0.1) is 11.7 Å². The molecule has 172 valence electrons. The van der Waals surface area contributed by atoms with E-state index in [4.69, 9.17) is 0 Å². The van der Waals surface area contributed by atoms with Crippen molar-refractivity contribution in [2.45, 2.75) is 51.2 Å². The molecule has 2 amide bonds. The normalized spacial score (nSPS) is 21.2. The Morgan fingerprint density at radius 2 is 1.77 bits per heavy atom. The topological polar surface area (TPSA) is 52.7 Å². The van der Waals surface area contributed by atoms with Crippen LogP contribution in [-0.4, -0.2) is 60.4 Å². The van der Waals surface area contributed by atoms with Crippen LogP contribution >= 0.6 is 0 Å². The van der Waals surface area contributed by atoms with Gasteiger partial charge in [-0.05, 0) is 63.3 Å². The number of nitrogens with one attached hydrogen (secondary N) is 1. The van der Waals surface area contributed by atoms with E-state index in [0.717, 1.165) is 25.5 Å². The van der Waals surface area contributed by atoms with E-state index in [1.54, 1.807) is 0 Å². The Morgan fingerprint density at radius 1 is 1.06 bits per heavy atom. The predicted octanol–water partition coefficient (Wildman–Crippen LogP) is 3.69. The van der Waals surface area contributed by atoms with Gasteiger partial charge in [0.05, 0.1) is 12.1 Å². The third-order valence-corrected chi connectivity index (χ3v) is 6.28. The van der Waals surface area contributed by atoms with E-state index in [2.05, 4.69) is 17.1 Å². The first-order valence-electron chi connectivity index (χ1n) is 10.8. The number of likely N-dealkylation sites (tertiary alicyclic amines) is 2. The molecule has 0 unspecified atom stereocenters. The second-order valence-electron chi connectivity index (χ2n) is 8.58. The lowest BCUT2D eigenvalue weighted by Crippen LogP contribution is -2.48. The average Bonchev–Trinajstić information content (AvgIpc) is 2.73. The molecule has 2 fully saturated rings. The van der Waals surface area contributed by atoms with E-state index in [1.165, 1.54) is 6.42 Å². The summed E-state index contributed by atoms with van der Waals surface area (Å²) >= 11 is 0. The Labute approximate surface area is 179 Å². The van der Waals surface area contributed by atoms with E-state index < -0.39 is 23.5 Å². The summed E-state index contributed by atoms with van der Waals surface area (Å²) in [7, 11) is 0. The lowest BCUT2D eigenvalue weighted by molar-refractivity contribution is -0.138. The largest absolute Gasteiger partial charge is 0.416 e. The Hall–Kier alpha value is -2.16. The zero-order valence-electron chi connectivity index (χ0n) is 17.7. The predicted molar refractivity (Wildman–Crippen MR) is 108 cm³/mol. The minimum atomic E-state index is -4.72. The Morgan fingerprint density at radius 3 is 2.42 bits per heavy atom. The number of nitrogens with zero attached hydrogens (tertiary/aromatic N) is 2. The van der Waals surface area contributed by atoms with Crippen molar-refractivity contribution in [3.8, 4) is 0 Å². The van der Waals surface area contributed by atoms with E-state index in [9.17, 15) is 27.2 Å². The van der Waals surface area contributed by atoms with Crippen LogP contribution in [-0.2, 0) is 11.0 Å². The Balaban J connectivity index is 1.45. The standard InChI is InChI=1S/C22H29F4N3O2/c1-15-4-2-3-7-29(15)14-20(30)28-8-5-16(6-9-28)13-27-21(31)17-10-18(22(24,25)26)12-19(23)11-17/h10-12,15-16H,2-9,13-14H2,1H3,(H,27,31)/t15-/m1/s1. The van der Waals surface area contributed by atoms with Crippen LogP contribution < -0.4 is 5.32 Å². The summed E-state index contributed by atoms with van der Waals surface area (Å²) in [5, 5.41) is 2.61. The average molecular weight is 443 g/mol. The molecule has 0 saturated carbocycles. The van der Waals surface area contributed by atoms with Gasteiger partial charge in [-0.1, -0.05) is 6.42 Å². The molecule has 0 aromatic heterocycles. The van der Waals surface area contributed by atoms with Crippen LogP contribution in [0.1, 0.15) is 54.9 Å². The van der Waals surface area contributed by atoms with Gasteiger partial charge < -0.3 is 10.2 Å². The Kier molecular flexibility index (Phi) is 7.56. The van der Waals surface area contributed by atoms with Crippen molar-refractivity contribution >= 4 is 11.8 Å². The summed E-state index contributed by atoms with van der Waals surface area (Å²) < 4.78 is 52.0. The fraction of sp³-hybridized carbons (Fsp3) is 0.636. The molecule has 2 aliphatic heterocycles. The lowest BCUT2D eigenvalue weighted by Gasteiger charge is -2.37. The van der Waals surface area contributed by atoms with Crippen molar-refractivity contribution in [2.24, 2.45) is 5.92 Å². The molecule has 2 heterocycles. The van der Waals surface area contributed by atoms with Crippen LogP contribution in [0.15, 0.2) is 18.2 Å². The van der Waals surface area contributed by atoms with Crippen molar-refractivity contribution in [3.63, 3.8) is 0 Å². The molecule has 31 heavy (non-hydrogen) atoms. The zero-order chi connectivity index (χ0) is 22.6. The van der Waals surface area contributed by atoms with Crippen LogP contribution in [0.3, 0.4) is 0 Å². The van der Waals surface area contributed by atoms with Crippen molar-refractivity contribution in [1.29, 1.82) is 0 Å². The number of halogens is 4. The minimum Gasteiger partial charge on any atom is -0.352 e. The number of hydrogen-bond donors (Lipinski definition) is 1. The lowest BCUT2D eigenvalue weighted by atomic mass is 9.96. The van der Waals surface area contributed by atoms with Crippen LogP contribution in [0.25, 0.3) is 0 Å². The summed E-state index contributed by atoms with van der Waals surface area (Å²) in [6, 6.07) is 2.24. The first-order chi connectivity index (χ1) is 14.6. The molecular formula is C22H29F4N3O2. The van der Waals surface area contributed by atoms with E-state index in [0.29, 0.717) is 50.7 Å². The van der Waals surface area contributed by atoms with Crippen molar-refractivity contribution < 1.29 is 27.2 Å². The molecule has 1 aromatic carbocycles. The van der Waals surface area contributed by atoms with Gasteiger partial charge in [-0.15, -0.1) is 0 Å². The molecule has 0 spiro atoms. The van der Waals surface area contributed by atoms with Crippen molar-refractivity contribution in [2.75, 3.05) is 32.7 Å². The number of rotatable bonds is 5. The van der Waals surface area contributed by atoms with E-state index >= 15 is 0 Å². The van der Waals surface area contributed by atoms with Crippen molar-refractivity contribution in [1.82, 2.24) is 15.1 Å². The van der Waals surface area contributed by atoms with E-state index in [-0.39, 0.29) is 23.9 Å². The summed E-state index contributed by atoms with van der Waals surface area (Å²) in [6.07, 6.45) is 0.135. The van der Waals surface area contributed by atoms with Gasteiger partial charge in [0.2, 0.25) is 5.91 Å². The molecule has 5 nitrogen and oxygen atoms in total. The first kappa shape index (κ1) is 23.5. The van der Waals surface area contributed by atoms with Gasteiger partial charge in [-0.3, -0.25) is 14.5 Å². The highest BCUT2D eigenvalue weighted by Crippen LogP contribution is 2.30. The van der Waals surface area contributed by atoms with E-state index in [1.807, 2.05) is 4.90 Å². The highest BCUT2D eigenvalue weighted by Gasteiger charge is 2.32. The van der Waals surface area contributed by atoms with Gasteiger partial charge in [0.25, 0.3) is 5.91 Å². The molecule has 1 atom stereocenters. The summed E-state index contributed by atoms with van der Waals surface area (Å²) in [5.41, 5.74) is -1.54. The van der Waals surface area contributed by atoms with Crippen molar-refractivity contribution in [3.05, 3.63) is 35.1 Å². The third-order valence-electron chi connectivity index (χ3n) is 6.28. The molecule has 2 aliphatic rings. The molecule has 0 bridgehead atoms. The maximum absolute atomic E-state index is 13.5. The SMILES string of the molecule is C[C@@H]1CCCCN1CC(=O)N1CCC(CNC(=O)c2cc(F)cc(C(F)(F)F)c2)CC1. The van der Waals surface area contributed by atoms with Gasteiger partial charge in [0.15, 0.2) is 0 Å². The summed E-state index contributed by atoms with van der Waals surface area (Å²) in [5.74, 6) is -1.59. The molecule has 2 saturated heterocycles. The van der Waals surface area contributed by atoms with Gasteiger partial charge in [0, 0.05) is 31.2 Å². The quantitative estimate of drug-likeness (QED) is 0.707. The number of piperidine rings is 2. The molecule has 0 aliphatic carbocycles. The number of carbonyl (C=O) groups excluding carboxylic acids is 2. The number of alkyl halides is 3. The Bertz CT molecular complexity index is 791. The number of benzene rings is 1.